The highest BCUT2D eigenvalue weighted by Gasteiger charge is 2.32. The molecule has 1 aromatic rings. The first kappa shape index (κ1) is 18.6. The molecule has 2 heteroatoms. The Kier molecular flexibility index (Phi) is 6.30. The Morgan fingerprint density at radius 3 is 2.08 bits per heavy atom. The molecule has 2 aliphatic rings. The first-order valence-corrected chi connectivity index (χ1v) is 10.2. The van der Waals surface area contributed by atoms with Crippen molar-refractivity contribution in [3.05, 3.63) is 47.0 Å². The highest BCUT2D eigenvalue weighted by Crippen LogP contribution is 2.45. The fourth-order valence-corrected chi connectivity index (χ4v) is 5.10. The minimum atomic E-state index is -0.654. The Morgan fingerprint density at radius 2 is 1.48 bits per heavy atom. The Balaban J connectivity index is 1.52. The molecule has 3 rings (SSSR count). The maximum atomic E-state index is 14.3. The van der Waals surface area contributed by atoms with Gasteiger partial charge in [-0.25, -0.2) is 8.78 Å². The van der Waals surface area contributed by atoms with Gasteiger partial charge in [-0.05, 0) is 106 Å². The number of rotatable bonds is 4. The average molecular weight is 347 g/mol. The molecule has 0 bridgehead atoms. The Morgan fingerprint density at radius 1 is 0.880 bits per heavy atom. The second-order valence-corrected chi connectivity index (χ2v) is 8.30. The summed E-state index contributed by atoms with van der Waals surface area (Å²) in [4.78, 5) is 0. The van der Waals surface area contributed by atoms with Crippen LogP contribution in [0, 0.1) is 36.3 Å². The van der Waals surface area contributed by atoms with Crippen LogP contribution in [0.2, 0.25) is 0 Å². The average Bonchev–Trinajstić information content (AvgIpc) is 2.65. The first-order valence-electron chi connectivity index (χ1n) is 10.2. The molecule has 0 amide bonds. The minimum absolute atomic E-state index is 0.206. The molecular formula is C23H32F2. The molecule has 25 heavy (non-hydrogen) atoms. The van der Waals surface area contributed by atoms with Crippen LogP contribution in [-0.4, -0.2) is 0 Å². The fraction of sp³-hybridized carbons (Fsp3) is 0.652. The molecule has 0 nitrogen and oxygen atoms in total. The van der Waals surface area contributed by atoms with Gasteiger partial charge in [0.2, 0.25) is 0 Å². The van der Waals surface area contributed by atoms with Gasteiger partial charge in [0.25, 0.3) is 0 Å². The molecule has 138 valence electrons. The summed E-state index contributed by atoms with van der Waals surface area (Å²) < 4.78 is 28.1. The van der Waals surface area contributed by atoms with E-state index >= 15 is 0 Å². The summed E-state index contributed by atoms with van der Waals surface area (Å²) in [7, 11) is 0. The van der Waals surface area contributed by atoms with Crippen molar-refractivity contribution in [2.24, 2.45) is 17.8 Å². The molecule has 0 unspecified atom stereocenters. The molecule has 0 radical (unpaired) electrons. The molecule has 0 aromatic heterocycles. The van der Waals surface area contributed by atoms with E-state index in [0.29, 0.717) is 11.1 Å². The molecule has 0 saturated heterocycles. The summed E-state index contributed by atoms with van der Waals surface area (Å²) in [6.45, 7) is 3.73. The monoisotopic (exact) mass is 346 g/mol. The van der Waals surface area contributed by atoms with Crippen LogP contribution in [0.25, 0.3) is 0 Å². The lowest BCUT2D eigenvalue weighted by Gasteiger charge is -2.38. The standard InChI is InChI=1S/C23H32F2/c1-3-4-5-17-7-9-18(10-8-17)19-11-13-20(14-12-19)21-15-6-16(2)22(24)23(21)25/h3-4,6,15,17-20H,5,7-14H2,1-2H3. The minimum Gasteiger partial charge on any atom is -0.203 e. The van der Waals surface area contributed by atoms with Gasteiger partial charge in [0.15, 0.2) is 11.6 Å². The van der Waals surface area contributed by atoms with Gasteiger partial charge < -0.3 is 0 Å². The maximum absolute atomic E-state index is 14.3. The number of aryl methyl sites for hydroxylation is 1. The quantitative estimate of drug-likeness (QED) is 0.501. The second kappa shape index (κ2) is 8.47. The highest BCUT2D eigenvalue weighted by atomic mass is 19.2. The van der Waals surface area contributed by atoms with Gasteiger partial charge in [0.1, 0.15) is 0 Å². The summed E-state index contributed by atoms with van der Waals surface area (Å²) in [5, 5.41) is 0. The van der Waals surface area contributed by atoms with E-state index in [2.05, 4.69) is 19.1 Å². The van der Waals surface area contributed by atoms with E-state index in [4.69, 9.17) is 0 Å². The molecule has 0 aliphatic heterocycles. The predicted molar refractivity (Wildman–Crippen MR) is 101 cm³/mol. The third kappa shape index (κ3) is 4.33. The number of halogens is 2. The maximum Gasteiger partial charge on any atom is 0.162 e. The fourth-order valence-electron chi connectivity index (χ4n) is 5.10. The molecule has 1 aromatic carbocycles. The molecule has 2 fully saturated rings. The second-order valence-electron chi connectivity index (χ2n) is 8.30. The van der Waals surface area contributed by atoms with Gasteiger partial charge >= 0.3 is 0 Å². The summed E-state index contributed by atoms with van der Waals surface area (Å²) in [6, 6.07) is 3.54. The zero-order valence-corrected chi connectivity index (χ0v) is 15.7. The first-order chi connectivity index (χ1) is 12.1. The van der Waals surface area contributed by atoms with Crippen molar-refractivity contribution in [1.29, 1.82) is 0 Å². The summed E-state index contributed by atoms with van der Waals surface area (Å²) in [5.41, 5.74) is 1.02. The van der Waals surface area contributed by atoms with E-state index in [-0.39, 0.29) is 5.92 Å². The van der Waals surface area contributed by atoms with Gasteiger partial charge in [-0.3, -0.25) is 0 Å². The van der Waals surface area contributed by atoms with Crippen molar-refractivity contribution >= 4 is 0 Å². The number of benzene rings is 1. The molecule has 0 heterocycles. The zero-order valence-electron chi connectivity index (χ0n) is 15.7. The molecule has 2 saturated carbocycles. The number of hydrogen-bond donors (Lipinski definition) is 0. The lowest BCUT2D eigenvalue weighted by atomic mass is 9.68. The van der Waals surface area contributed by atoms with E-state index in [9.17, 15) is 8.78 Å². The topological polar surface area (TPSA) is 0 Å². The molecule has 0 N–H and O–H groups in total. The van der Waals surface area contributed by atoms with E-state index in [0.717, 1.165) is 30.6 Å². The predicted octanol–water partition coefficient (Wildman–Crippen LogP) is 7.32. The van der Waals surface area contributed by atoms with Gasteiger partial charge in [0.05, 0.1) is 0 Å². The van der Waals surface area contributed by atoms with Crippen LogP contribution >= 0.6 is 0 Å². The largest absolute Gasteiger partial charge is 0.203 e. The highest BCUT2D eigenvalue weighted by molar-refractivity contribution is 5.28. The Hall–Kier alpha value is -1.18. The van der Waals surface area contributed by atoms with Crippen LogP contribution in [0.1, 0.15) is 81.8 Å². The van der Waals surface area contributed by atoms with Gasteiger partial charge in [-0.15, -0.1) is 0 Å². The van der Waals surface area contributed by atoms with Crippen molar-refractivity contribution in [2.45, 2.75) is 77.6 Å². The van der Waals surface area contributed by atoms with Crippen molar-refractivity contribution in [1.82, 2.24) is 0 Å². The summed E-state index contributed by atoms with van der Waals surface area (Å²) >= 11 is 0. The van der Waals surface area contributed by atoms with Crippen molar-refractivity contribution in [3.8, 4) is 0 Å². The van der Waals surface area contributed by atoms with Crippen LogP contribution in [0.3, 0.4) is 0 Å². The third-order valence-electron chi connectivity index (χ3n) is 6.78. The molecule has 0 atom stereocenters. The summed E-state index contributed by atoms with van der Waals surface area (Å²) in [5.74, 6) is 1.50. The van der Waals surface area contributed by atoms with E-state index in [1.54, 1.807) is 13.0 Å². The molecular weight excluding hydrogens is 314 g/mol. The van der Waals surface area contributed by atoms with Crippen LogP contribution in [0.15, 0.2) is 24.3 Å². The van der Waals surface area contributed by atoms with Crippen LogP contribution < -0.4 is 0 Å². The normalized spacial score (nSPS) is 30.7. The number of allylic oxidation sites excluding steroid dienone is 2. The van der Waals surface area contributed by atoms with Crippen molar-refractivity contribution in [3.63, 3.8) is 0 Å². The third-order valence-corrected chi connectivity index (χ3v) is 6.78. The van der Waals surface area contributed by atoms with Crippen LogP contribution in [-0.2, 0) is 0 Å². The van der Waals surface area contributed by atoms with Gasteiger partial charge in [-0.1, -0.05) is 24.3 Å². The SMILES string of the molecule is CC=CCC1CCC(C2CCC(c3ccc(C)c(F)c3F)CC2)CC1. The Labute approximate surface area is 151 Å². The van der Waals surface area contributed by atoms with Gasteiger partial charge in [-0.2, -0.15) is 0 Å². The van der Waals surface area contributed by atoms with Crippen molar-refractivity contribution in [2.75, 3.05) is 0 Å². The number of hydrogen-bond acceptors (Lipinski definition) is 0. The Bertz CT molecular complexity index is 588. The zero-order chi connectivity index (χ0) is 17.8. The van der Waals surface area contributed by atoms with Crippen molar-refractivity contribution < 1.29 is 8.78 Å². The molecule has 0 spiro atoms. The lowest BCUT2D eigenvalue weighted by Crippen LogP contribution is -2.25. The van der Waals surface area contributed by atoms with E-state index in [1.807, 2.05) is 6.07 Å². The molecule has 2 aliphatic carbocycles. The van der Waals surface area contributed by atoms with E-state index < -0.39 is 11.6 Å². The van der Waals surface area contributed by atoms with E-state index in [1.165, 1.54) is 44.9 Å². The lowest BCUT2D eigenvalue weighted by molar-refractivity contribution is 0.160. The van der Waals surface area contributed by atoms with Crippen LogP contribution in [0.4, 0.5) is 8.78 Å². The van der Waals surface area contributed by atoms with Crippen LogP contribution in [0.5, 0.6) is 0 Å². The van der Waals surface area contributed by atoms with Gasteiger partial charge in [0, 0.05) is 0 Å². The summed E-state index contributed by atoms with van der Waals surface area (Å²) in [6.07, 6.45) is 15.6. The smallest absolute Gasteiger partial charge is 0.162 e.